The number of likely N-dealkylation sites (N-methyl/N-ethyl adjacent to an activating group) is 1. The molecule has 5 heteroatoms. The fraction of sp³-hybridized carbons (Fsp3) is 0.812. The van der Waals surface area contributed by atoms with E-state index in [1.807, 2.05) is 7.05 Å². The smallest absolute Gasteiger partial charge is 0.122 e. The van der Waals surface area contributed by atoms with Gasteiger partial charge in [-0.1, -0.05) is 65.5 Å². The quantitative estimate of drug-likeness (QED) is 0.150. The van der Waals surface area contributed by atoms with Crippen molar-refractivity contribution in [1.29, 1.82) is 0 Å². The number of aryl methyl sites for hydroxylation is 2. The molecule has 0 heterocycles. The summed E-state index contributed by atoms with van der Waals surface area (Å²) in [6.45, 7) is 15.0. The molecule has 1 aromatic carbocycles. The number of benzene rings is 1. The van der Waals surface area contributed by atoms with Gasteiger partial charge in [0.25, 0.3) is 0 Å². The largest absolute Gasteiger partial charge is 0.490 e. The molecule has 0 spiro atoms. The van der Waals surface area contributed by atoms with Crippen LogP contribution in [-0.2, 0) is 22.3 Å². The summed E-state index contributed by atoms with van der Waals surface area (Å²) in [6.07, 6.45) is 12.9. The van der Waals surface area contributed by atoms with Crippen LogP contribution in [0.25, 0.3) is 0 Å². The standard InChI is InChI=1S/C32H59NO4/c1-7-14-30(34)25-27(2)37-31-18-17-28(26-29(31)16-11-12-19-32(3,4)5)15-10-8-9-13-21-35-23-24-36-22-20-33-6/h17-18,26-27,30,33-34H,7-16,19-25H2,1-6H3. The molecule has 0 radical (unpaired) electrons. The first kappa shape index (κ1) is 33.9. The Morgan fingerprint density at radius 3 is 2.30 bits per heavy atom. The summed E-state index contributed by atoms with van der Waals surface area (Å²) in [5.41, 5.74) is 3.12. The van der Waals surface area contributed by atoms with Crippen LogP contribution in [0.2, 0.25) is 0 Å². The molecule has 2 N–H and O–H groups in total. The molecule has 0 fully saturated rings. The first-order chi connectivity index (χ1) is 17.7. The van der Waals surface area contributed by atoms with Crippen molar-refractivity contribution in [2.75, 3.05) is 40.0 Å². The van der Waals surface area contributed by atoms with Crippen molar-refractivity contribution in [2.24, 2.45) is 5.41 Å². The third kappa shape index (κ3) is 18.7. The molecule has 1 aromatic rings. The van der Waals surface area contributed by atoms with Gasteiger partial charge in [0.2, 0.25) is 0 Å². The molecule has 0 saturated heterocycles. The van der Waals surface area contributed by atoms with E-state index in [9.17, 15) is 5.11 Å². The van der Waals surface area contributed by atoms with Gasteiger partial charge in [-0.2, -0.15) is 0 Å². The number of nitrogens with one attached hydrogen (secondary N) is 1. The van der Waals surface area contributed by atoms with Gasteiger partial charge in [0.05, 0.1) is 32.0 Å². The predicted molar refractivity (Wildman–Crippen MR) is 157 cm³/mol. The molecular formula is C32H59NO4. The third-order valence-electron chi connectivity index (χ3n) is 6.67. The number of rotatable bonds is 23. The first-order valence-corrected chi connectivity index (χ1v) is 15.0. The van der Waals surface area contributed by atoms with Crippen LogP contribution in [0.4, 0.5) is 0 Å². The van der Waals surface area contributed by atoms with Gasteiger partial charge in [-0.25, -0.2) is 0 Å². The van der Waals surface area contributed by atoms with E-state index in [0.29, 0.717) is 25.0 Å². The topological polar surface area (TPSA) is 60.0 Å². The van der Waals surface area contributed by atoms with E-state index in [4.69, 9.17) is 14.2 Å². The highest BCUT2D eigenvalue weighted by Crippen LogP contribution is 2.27. The second kappa shape index (κ2) is 20.8. The molecule has 0 saturated carbocycles. The Labute approximate surface area is 229 Å². The zero-order valence-electron chi connectivity index (χ0n) is 25.1. The summed E-state index contributed by atoms with van der Waals surface area (Å²) in [5, 5.41) is 13.3. The second-order valence-electron chi connectivity index (χ2n) is 11.8. The third-order valence-corrected chi connectivity index (χ3v) is 6.67. The predicted octanol–water partition coefficient (Wildman–Crippen LogP) is 7.12. The van der Waals surface area contributed by atoms with Gasteiger partial charge in [-0.15, -0.1) is 0 Å². The number of aliphatic hydroxyl groups excluding tert-OH is 1. The minimum atomic E-state index is -0.281. The van der Waals surface area contributed by atoms with Gasteiger partial charge >= 0.3 is 0 Å². The summed E-state index contributed by atoms with van der Waals surface area (Å²) < 4.78 is 17.5. The van der Waals surface area contributed by atoms with Crippen LogP contribution in [0.5, 0.6) is 5.75 Å². The van der Waals surface area contributed by atoms with Gasteiger partial charge in [-0.3, -0.25) is 0 Å². The van der Waals surface area contributed by atoms with Gasteiger partial charge in [0.15, 0.2) is 0 Å². The lowest BCUT2D eigenvalue weighted by molar-refractivity contribution is 0.0477. The first-order valence-electron chi connectivity index (χ1n) is 15.0. The number of aliphatic hydroxyl groups is 1. The summed E-state index contributed by atoms with van der Waals surface area (Å²) in [5.74, 6) is 1.00. The Morgan fingerprint density at radius 2 is 1.59 bits per heavy atom. The maximum absolute atomic E-state index is 10.2. The number of hydrogen-bond donors (Lipinski definition) is 2. The van der Waals surface area contributed by atoms with E-state index >= 15 is 0 Å². The molecule has 0 bridgehead atoms. The Balaban J connectivity index is 2.46. The zero-order valence-corrected chi connectivity index (χ0v) is 25.1. The Bertz CT molecular complexity index is 673. The van der Waals surface area contributed by atoms with Gasteiger partial charge in [0, 0.05) is 19.6 Å². The van der Waals surface area contributed by atoms with E-state index in [1.165, 1.54) is 49.7 Å². The van der Waals surface area contributed by atoms with Crippen LogP contribution in [0.3, 0.4) is 0 Å². The fourth-order valence-corrected chi connectivity index (χ4v) is 4.55. The lowest BCUT2D eigenvalue weighted by atomic mass is 9.89. The van der Waals surface area contributed by atoms with E-state index < -0.39 is 0 Å². The molecule has 1 rings (SSSR count). The minimum absolute atomic E-state index is 0.0165. The van der Waals surface area contributed by atoms with Crippen molar-refractivity contribution in [2.45, 2.75) is 124 Å². The molecule has 0 aliphatic rings. The van der Waals surface area contributed by atoms with E-state index in [1.54, 1.807) is 0 Å². The normalized spacial score (nSPS) is 13.6. The maximum Gasteiger partial charge on any atom is 0.122 e. The highest BCUT2D eigenvalue weighted by molar-refractivity contribution is 5.37. The van der Waals surface area contributed by atoms with E-state index in [-0.39, 0.29) is 12.2 Å². The zero-order chi connectivity index (χ0) is 27.4. The van der Waals surface area contributed by atoms with Crippen LogP contribution in [-0.4, -0.2) is 57.3 Å². The summed E-state index contributed by atoms with van der Waals surface area (Å²) >= 11 is 0. The van der Waals surface area contributed by atoms with Crippen LogP contribution in [0, 0.1) is 5.41 Å². The monoisotopic (exact) mass is 521 g/mol. The van der Waals surface area contributed by atoms with Crippen molar-refractivity contribution < 1.29 is 19.3 Å². The summed E-state index contributed by atoms with van der Waals surface area (Å²) in [4.78, 5) is 0. The highest BCUT2D eigenvalue weighted by Gasteiger charge is 2.15. The fourth-order valence-electron chi connectivity index (χ4n) is 4.55. The van der Waals surface area contributed by atoms with Gasteiger partial charge in [0.1, 0.15) is 5.75 Å². The molecule has 37 heavy (non-hydrogen) atoms. The average molecular weight is 522 g/mol. The molecule has 5 nitrogen and oxygen atoms in total. The number of unbranched alkanes of at least 4 members (excludes halogenated alkanes) is 4. The Hall–Kier alpha value is -1.14. The van der Waals surface area contributed by atoms with Crippen LogP contribution in [0.15, 0.2) is 18.2 Å². The van der Waals surface area contributed by atoms with Crippen molar-refractivity contribution in [3.63, 3.8) is 0 Å². The molecular weight excluding hydrogens is 462 g/mol. The van der Waals surface area contributed by atoms with Gasteiger partial charge in [-0.05, 0) is 81.5 Å². The lowest BCUT2D eigenvalue weighted by Crippen LogP contribution is -2.21. The molecule has 0 aliphatic carbocycles. The van der Waals surface area contributed by atoms with Gasteiger partial charge < -0.3 is 24.6 Å². The molecule has 0 amide bonds. The van der Waals surface area contributed by atoms with E-state index in [2.05, 4.69) is 58.1 Å². The molecule has 0 aliphatic heterocycles. The molecule has 2 unspecified atom stereocenters. The van der Waals surface area contributed by atoms with Crippen LogP contribution < -0.4 is 10.1 Å². The van der Waals surface area contributed by atoms with Crippen molar-refractivity contribution in [3.05, 3.63) is 29.3 Å². The van der Waals surface area contributed by atoms with Crippen LogP contribution >= 0.6 is 0 Å². The minimum Gasteiger partial charge on any atom is -0.490 e. The van der Waals surface area contributed by atoms with Crippen LogP contribution in [0.1, 0.15) is 110 Å². The Kier molecular flexibility index (Phi) is 19.0. The van der Waals surface area contributed by atoms with Crippen molar-refractivity contribution in [3.8, 4) is 5.75 Å². The molecule has 216 valence electrons. The average Bonchev–Trinajstić information content (AvgIpc) is 2.83. The summed E-state index contributed by atoms with van der Waals surface area (Å²) in [6, 6.07) is 6.78. The molecule has 0 aromatic heterocycles. The lowest BCUT2D eigenvalue weighted by Gasteiger charge is -2.21. The second-order valence-corrected chi connectivity index (χ2v) is 11.8. The SMILES string of the molecule is CCCC(O)CC(C)Oc1ccc(CCCCCCOCCOCCNC)cc1CCCCC(C)(C)C. The maximum atomic E-state index is 10.2. The van der Waals surface area contributed by atoms with Crippen molar-refractivity contribution in [1.82, 2.24) is 5.32 Å². The Morgan fingerprint density at radius 1 is 0.892 bits per heavy atom. The van der Waals surface area contributed by atoms with Crippen molar-refractivity contribution >= 4 is 0 Å². The highest BCUT2D eigenvalue weighted by atomic mass is 16.5. The number of ether oxygens (including phenoxy) is 3. The number of hydrogen-bond acceptors (Lipinski definition) is 5. The molecule has 2 atom stereocenters. The summed E-state index contributed by atoms with van der Waals surface area (Å²) in [7, 11) is 1.93. The van der Waals surface area contributed by atoms with E-state index in [0.717, 1.165) is 57.6 Å².